The number of anilines is 1. The first-order chi connectivity index (χ1) is 7.16. The topological polar surface area (TPSA) is 58.9 Å². The molecule has 0 unspecified atom stereocenters. The second kappa shape index (κ2) is 3.61. The zero-order valence-electron chi connectivity index (χ0n) is 8.45. The summed E-state index contributed by atoms with van der Waals surface area (Å²) in [6, 6.07) is 10.8. The molecule has 3 nitrogen and oxygen atoms in total. The molecule has 0 fully saturated rings. The van der Waals surface area contributed by atoms with Crippen LogP contribution in [0.3, 0.4) is 0 Å². The average Bonchev–Trinajstić information content (AvgIpc) is 2.22. The van der Waals surface area contributed by atoms with Gasteiger partial charge >= 0.3 is 0 Å². The first-order valence-electron chi connectivity index (χ1n) is 4.72. The number of hydrogen-bond donors (Lipinski definition) is 2. The van der Waals surface area contributed by atoms with Gasteiger partial charge < -0.3 is 10.7 Å². The highest BCUT2D eigenvalue weighted by molar-refractivity contribution is 5.64. The molecule has 3 N–H and O–H groups in total. The normalized spacial score (nSPS) is 10.2. The van der Waals surface area contributed by atoms with Crippen molar-refractivity contribution in [3.8, 4) is 11.3 Å². The number of nitrogens with two attached hydrogens (primary N) is 1. The summed E-state index contributed by atoms with van der Waals surface area (Å²) in [6.07, 6.45) is 0. The first-order valence-corrected chi connectivity index (χ1v) is 4.72. The first kappa shape index (κ1) is 9.52. The fourth-order valence-corrected chi connectivity index (χ4v) is 1.46. The van der Waals surface area contributed by atoms with Crippen LogP contribution in [-0.4, -0.2) is 4.98 Å². The molecular formula is C12H12N2O. The zero-order valence-corrected chi connectivity index (χ0v) is 8.45. The van der Waals surface area contributed by atoms with Crippen LogP contribution < -0.4 is 11.3 Å². The Bertz CT molecular complexity index is 543. The van der Waals surface area contributed by atoms with E-state index >= 15 is 0 Å². The van der Waals surface area contributed by atoms with Gasteiger partial charge in [0, 0.05) is 17.4 Å². The predicted octanol–water partition coefficient (Wildman–Crippen LogP) is 1.93. The Morgan fingerprint density at radius 2 is 2.00 bits per heavy atom. The van der Waals surface area contributed by atoms with Crippen LogP contribution in [0.4, 0.5) is 5.69 Å². The van der Waals surface area contributed by atoms with E-state index in [1.807, 2.05) is 31.2 Å². The van der Waals surface area contributed by atoms with Gasteiger partial charge in [0.1, 0.15) is 0 Å². The van der Waals surface area contributed by atoms with Gasteiger partial charge in [-0.3, -0.25) is 4.79 Å². The van der Waals surface area contributed by atoms with Crippen LogP contribution in [0.25, 0.3) is 11.3 Å². The molecule has 2 aromatic rings. The fraction of sp³-hybridized carbons (Fsp3) is 0.0833. The van der Waals surface area contributed by atoms with Crippen LogP contribution in [0, 0.1) is 6.92 Å². The molecule has 0 aliphatic rings. The van der Waals surface area contributed by atoms with E-state index in [0.717, 1.165) is 22.5 Å². The Balaban J connectivity index is 2.55. The van der Waals surface area contributed by atoms with Crippen LogP contribution in [0.5, 0.6) is 0 Å². The summed E-state index contributed by atoms with van der Waals surface area (Å²) in [5, 5.41) is 0. The van der Waals surface area contributed by atoms with E-state index in [9.17, 15) is 4.79 Å². The van der Waals surface area contributed by atoms with Gasteiger partial charge in [-0.2, -0.15) is 0 Å². The van der Waals surface area contributed by atoms with E-state index in [4.69, 9.17) is 5.73 Å². The van der Waals surface area contributed by atoms with Crippen molar-refractivity contribution in [2.45, 2.75) is 6.92 Å². The van der Waals surface area contributed by atoms with Crippen LogP contribution in [0.1, 0.15) is 5.56 Å². The summed E-state index contributed by atoms with van der Waals surface area (Å²) in [6.45, 7) is 1.94. The minimum atomic E-state index is -0.0954. The molecule has 15 heavy (non-hydrogen) atoms. The number of benzene rings is 1. The Hall–Kier alpha value is -2.03. The van der Waals surface area contributed by atoms with Crippen molar-refractivity contribution in [1.29, 1.82) is 0 Å². The lowest BCUT2D eigenvalue weighted by atomic mass is 10.1. The minimum absolute atomic E-state index is 0.0954. The van der Waals surface area contributed by atoms with E-state index in [0.29, 0.717) is 0 Å². The monoisotopic (exact) mass is 200 g/mol. The molecule has 0 bridgehead atoms. The maximum Gasteiger partial charge on any atom is 0.248 e. The third kappa shape index (κ3) is 1.91. The Morgan fingerprint density at radius 1 is 1.20 bits per heavy atom. The van der Waals surface area contributed by atoms with Crippen LogP contribution in [0.2, 0.25) is 0 Å². The summed E-state index contributed by atoms with van der Waals surface area (Å²) >= 11 is 0. The Morgan fingerprint density at radius 3 is 2.67 bits per heavy atom. The maximum absolute atomic E-state index is 11.1. The molecule has 76 valence electrons. The number of hydrogen-bond acceptors (Lipinski definition) is 2. The largest absolute Gasteiger partial charge is 0.399 e. The summed E-state index contributed by atoms with van der Waals surface area (Å²) in [7, 11) is 0. The number of nitrogens with one attached hydrogen (secondary N) is 1. The van der Waals surface area contributed by atoms with Crippen molar-refractivity contribution in [2.75, 3.05) is 5.73 Å². The lowest BCUT2D eigenvalue weighted by Crippen LogP contribution is -2.03. The highest BCUT2D eigenvalue weighted by atomic mass is 16.1. The fourth-order valence-electron chi connectivity index (χ4n) is 1.46. The van der Waals surface area contributed by atoms with Gasteiger partial charge in [-0.25, -0.2) is 0 Å². The molecule has 0 atom stereocenters. The van der Waals surface area contributed by atoms with Gasteiger partial charge in [-0.1, -0.05) is 12.1 Å². The summed E-state index contributed by atoms with van der Waals surface area (Å²) in [5.41, 5.74) is 9.18. The van der Waals surface area contributed by atoms with Gasteiger partial charge in [-0.15, -0.1) is 0 Å². The maximum atomic E-state index is 11.1. The van der Waals surface area contributed by atoms with Crippen molar-refractivity contribution >= 4 is 5.69 Å². The van der Waals surface area contributed by atoms with Gasteiger partial charge in [0.25, 0.3) is 0 Å². The molecule has 3 heteroatoms. The van der Waals surface area contributed by atoms with E-state index in [2.05, 4.69) is 4.98 Å². The van der Waals surface area contributed by atoms with Gasteiger partial charge in [0.15, 0.2) is 0 Å². The number of H-pyrrole nitrogens is 1. The SMILES string of the molecule is Cc1cc(-c2cccc(=O)[nH]2)ccc1N. The molecule has 0 saturated heterocycles. The molecular weight excluding hydrogens is 188 g/mol. The average molecular weight is 200 g/mol. The van der Waals surface area contributed by atoms with Crippen LogP contribution >= 0.6 is 0 Å². The lowest BCUT2D eigenvalue weighted by Gasteiger charge is -2.04. The molecule has 1 aromatic carbocycles. The standard InChI is InChI=1S/C12H12N2O/c1-8-7-9(5-6-10(8)13)11-3-2-4-12(15)14-11/h2-7H,13H2,1H3,(H,14,15). The molecule has 0 amide bonds. The lowest BCUT2D eigenvalue weighted by molar-refractivity contribution is 1.24. The van der Waals surface area contributed by atoms with Crippen molar-refractivity contribution in [3.05, 3.63) is 52.3 Å². The number of aromatic amines is 1. The van der Waals surface area contributed by atoms with E-state index < -0.39 is 0 Å². The third-order valence-electron chi connectivity index (χ3n) is 2.35. The van der Waals surface area contributed by atoms with Crippen molar-refractivity contribution in [3.63, 3.8) is 0 Å². The van der Waals surface area contributed by atoms with Crippen molar-refractivity contribution < 1.29 is 0 Å². The Labute approximate surface area is 87.6 Å². The molecule has 0 aliphatic carbocycles. The molecule has 0 aliphatic heterocycles. The minimum Gasteiger partial charge on any atom is -0.399 e. The number of pyridine rings is 1. The second-order valence-corrected chi connectivity index (χ2v) is 3.50. The molecule has 0 spiro atoms. The Kier molecular flexibility index (Phi) is 2.29. The van der Waals surface area contributed by atoms with Crippen molar-refractivity contribution in [1.82, 2.24) is 4.98 Å². The molecule has 0 saturated carbocycles. The van der Waals surface area contributed by atoms with Crippen LogP contribution in [0.15, 0.2) is 41.2 Å². The van der Waals surface area contributed by atoms with E-state index in [-0.39, 0.29) is 5.56 Å². The smallest absolute Gasteiger partial charge is 0.248 e. The number of rotatable bonds is 1. The predicted molar refractivity (Wildman–Crippen MR) is 61.6 cm³/mol. The molecule has 1 aromatic heterocycles. The second-order valence-electron chi connectivity index (χ2n) is 3.50. The summed E-state index contributed by atoms with van der Waals surface area (Å²) in [4.78, 5) is 13.9. The molecule has 2 rings (SSSR count). The summed E-state index contributed by atoms with van der Waals surface area (Å²) in [5.74, 6) is 0. The van der Waals surface area contributed by atoms with Crippen molar-refractivity contribution in [2.24, 2.45) is 0 Å². The quantitative estimate of drug-likeness (QED) is 0.691. The van der Waals surface area contributed by atoms with E-state index in [1.54, 1.807) is 6.07 Å². The highest BCUT2D eigenvalue weighted by Gasteiger charge is 2.00. The number of aryl methyl sites for hydroxylation is 1. The molecule has 0 radical (unpaired) electrons. The van der Waals surface area contributed by atoms with Gasteiger partial charge in [0.2, 0.25) is 5.56 Å². The third-order valence-corrected chi connectivity index (χ3v) is 2.35. The van der Waals surface area contributed by atoms with Crippen LogP contribution in [-0.2, 0) is 0 Å². The number of aromatic nitrogens is 1. The number of nitrogen functional groups attached to an aromatic ring is 1. The van der Waals surface area contributed by atoms with Gasteiger partial charge in [-0.05, 0) is 36.2 Å². The molecule has 1 heterocycles. The van der Waals surface area contributed by atoms with Gasteiger partial charge in [0.05, 0.1) is 0 Å². The van der Waals surface area contributed by atoms with E-state index in [1.165, 1.54) is 6.07 Å². The summed E-state index contributed by atoms with van der Waals surface area (Å²) < 4.78 is 0. The highest BCUT2D eigenvalue weighted by Crippen LogP contribution is 2.20. The zero-order chi connectivity index (χ0) is 10.8.